The summed E-state index contributed by atoms with van der Waals surface area (Å²) in [7, 11) is 0. The molecule has 2 bridgehead atoms. The largest absolute Gasteiger partial charge is 0.490 e. The molecule has 1 aliphatic carbocycles. The number of piperidine rings is 1. The molecule has 3 fully saturated rings. The summed E-state index contributed by atoms with van der Waals surface area (Å²) in [6, 6.07) is 4.56. The van der Waals surface area contributed by atoms with Crippen LogP contribution < -0.4 is 10.1 Å². The molecule has 0 aromatic carbocycles. The highest BCUT2D eigenvalue weighted by Crippen LogP contribution is 2.30. The van der Waals surface area contributed by atoms with Crippen molar-refractivity contribution in [3.05, 3.63) is 24.5 Å². The zero-order chi connectivity index (χ0) is 10.8. The maximum atomic E-state index is 6.04. The standard InChI is InChI=1S/C13H18N2O/c1-2-11-8-13(7-10(1)9-15-11)16-12-3-5-14-6-4-12/h3-6,10-11,13,15H,1-2,7-9H2. The summed E-state index contributed by atoms with van der Waals surface area (Å²) in [6.07, 6.45) is 9.01. The van der Waals surface area contributed by atoms with E-state index in [1.54, 1.807) is 12.4 Å². The molecular weight excluding hydrogens is 200 g/mol. The number of ether oxygens (including phenoxy) is 1. The predicted octanol–water partition coefficient (Wildman–Crippen LogP) is 1.99. The Morgan fingerprint density at radius 3 is 2.81 bits per heavy atom. The number of hydrogen-bond donors (Lipinski definition) is 1. The molecule has 1 saturated carbocycles. The summed E-state index contributed by atoms with van der Waals surface area (Å²) < 4.78 is 6.04. The molecule has 3 aliphatic rings. The smallest absolute Gasteiger partial charge is 0.122 e. The van der Waals surface area contributed by atoms with E-state index in [2.05, 4.69) is 10.3 Å². The lowest BCUT2D eigenvalue weighted by atomic mass is 9.97. The summed E-state index contributed by atoms with van der Waals surface area (Å²) in [6.45, 7) is 1.18. The molecule has 4 rings (SSSR count). The molecule has 1 aromatic rings. The lowest BCUT2D eigenvalue weighted by Gasteiger charge is -2.23. The molecule has 1 aromatic heterocycles. The van der Waals surface area contributed by atoms with Crippen molar-refractivity contribution in [2.75, 3.05) is 6.54 Å². The van der Waals surface area contributed by atoms with Crippen LogP contribution in [0.2, 0.25) is 0 Å². The zero-order valence-electron chi connectivity index (χ0n) is 9.43. The van der Waals surface area contributed by atoms with Gasteiger partial charge in [0.25, 0.3) is 0 Å². The number of fused-ring (bicyclic) bond motifs is 4. The third-order valence-electron chi connectivity index (χ3n) is 3.71. The van der Waals surface area contributed by atoms with Crippen molar-refractivity contribution in [3.8, 4) is 5.75 Å². The van der Waals surface area contributed by atoms with Crippen LogP contribution in [0.5, 0.6) is 5.75 Å². The average Bonchev–Trinajstić information content (AvgIpc) is 2.62. The molecule has 3 nitrogen and oxygen atoms in total. The van der Waals surface area contributed by atoms with E-state index in [0.717, 1.165) is 18.1 Å². The maximum absolute atomic E-state index is 6.04. The highest BCUT2D eigenvalue weighted by Gasteiger charge is 2.31. The first-order chi connectivity index (χ1) is 7.90. The van der Waals surface area contributed by atoms with E-state index >= 15 is 0 Å². The Morgan fingerprint density at radius 2 is 2.06 bits per heavy atom. The van der Waals surface area contributed by atoms with Gasteiger partial charge < -0.3 is 10.1 Å². The summed E-state index contributed by atoms with van der Waals surface area (Å²) in [5, 5.41) is 3.60. The monoisotopic (exact) mass is 218 g/mol. The first-order valence-corrected chi connectivity index (χ1v) is 6.20. The van der Waals surface area contributed by atoms with Crippen LogP contribution >= 0.6 is 0 Å². The number of pyridine rings is 1. The first kappa shape index (κ1) is 10.1. The van der Waals surface area contributed by atoms with Crippen LogP contribution in [0, 0.1) is 5.92 Å². The second-order valence-electron chi connectivity index (χ2n) is 4.94. The lowest BCUT2D eigenvalue weighted by Crippen LogP contribution is -2.36. The summed E-state index contributed by atoms with van der Waals surface area (Å²) >= 11 is 0. The van der Waals surface area contributed by atoms with Gasteiger partial charge in [0.15, 0.2) is 0 Å². The van der Waals surface area contributed by atoms with Gasteiger partial charge in [0.1, 0.15) is 11.9 Å². The van der Waals surface area contributed by atoms with Crippen molar-refractivity contribution < 1.29 is 4.74 Å². The minimum atomic E-state index is 0.384. The van der Waals surface area contributed by atoms with Crippen LogP contribution in [-0.2, 0) is 0 Å². The van der Waals surface area contributed by atoms with Gasteiger partial charge in [-0.3, -0.25) is 4.98 Å². The van der Waals surface area contributed by atoms with Crippen LogP contribution in [0.25, 0.3) is 0 Å². The highest BCUT2D eigenvalue weighted by molar-refractivity contribution is 5.17. The van der Waals surface area contributed by atoms with E-state index in [0.29, 0.717) is 12.1 Å². The molecule has 3 unspecified atom stereocenters. The molecule has 2 saturated heterocycles. The maximum Gasteiger partial charge on any atom is 0.122 e. The van der Waals surface area contributed by atoms with Gasteiger partial charge in [-0.2, -0.15) is 0 Å². The van der Waals surface area contributed by atoms with E-state index in [9.17, 15) is 0 Å². The van der Waals surface area contributed by atoms with Crippen LogP contribution in [0.3, 0.4) is 0 Å². The van der Waals surface area contributed by atoms with E-state index in [1.165, 1.54) is 25.8 Å². The molecule has 3 heterocycles. The summed E-state index contributed by atoms with van der Waals surface area (Å²) in [5.41, 5.74) is 0. The van der Waals surface area contributed by atoms with Crippen molar-refractivity contribution in [2.45, 2.75) is 37.8 Å². The first-order valence-electron chi connectivity index (χ1n) is 6.20. The van der Waals surface area contributed by atoms with Crippen molar-refractivity contribution >= 4 is 0 Å². The van der Waals surface area contributed by atoms with Crippen LogP contribution in [0.1, 0.15) is 25.7 Å². The number of nitrogens with zero attached hydrogens (tertiary/aromatic N) is 1. The third kappa shape index (κ3) is 2.19. The van der Waals surface area contributed by atoms with Crippen LogP contribution in [0.4, 0.5) is 0 Å². The van der Waals surface area contributed by atoms with Gasteiger partial charge >= 0.3 is 0 Å². The fourth-order valence-electron chi connectivity index (χ4n) is 2.87. The fourth-order valence-corrected chi connectivity index (χ4v) is 2.87. The van der Waals surface area contributed by atoms with Gasteiger partial charge in [-0.05, 0) is 50.3 Å². The second kappa shape index (κ2) is 4.42. The number of rotatable bonds is 2. The Hall–Kier alpha value is -1.09. The zero-order valence-corrected chi connectivity index (χ0v) is 9.43. The van der Waals surface area contributed by atoms with Crippen molar-refractivity contribution in [2.24, 2.45) is 5.92 Å². The Morgan fingerprint density at radius 1 is 1.19 bits per heavy atom. The molecule has 1 N–H and O–H groups in total. The minimum Gasteiger partial charge on any atom is -0.490 e. The molecule has 2 aliphatic heterocycles. The average molecular weight is 218 g/mol. The Kier molecular flexibility index (Phi) is 2.79. The SMILES string of the molecule is c1cc(OC2CC3CCC(C2)NC3)ccn1. The van der Waals surface area contributed by atoms with Gasteiger partial charge in [0.2, 0.25) is 0 Å². The topological polar surface area (TPSA) is 34.1 Å². The minimum absolute atomic E-state index is 0.384. The van der Waals surface area contributed by atoms with Crippen LogP contribution in [0.15, 0.2) is 24.5 Å². The molecule has 0 spiro atoms. The lowest BCUT2D eigenvalue weighted by molar-refractivity contribution is 0.173. The second-order valence-corrected chi connectivity index (χ2v) is 4.94. The molecule has 3 heteroatoms. The van der Waals surface area contributed by atoms with E-state index in [4.69, 9.17) is 4.74 Å². The van der Waals surface area contributed by atoms with Gasteiger partial charge in [0.05, 0.1) is 0 Å². The van der Waals surface area contributed by atoms with Gasteiger partial charge in [-0.15, -0.1) is 0 Å². The number of nitrogens with one attached hydrogen (secondary N) is 1. The summed E-state index contributed by atoms with van der Waals surface area (Å²) in [5.74, 6) is 1.77. The Labute approximate surface area is 96.2 Å². The number of hydrogen-bond acceptors (Lipinski definition) is 3. The van der Waals surface area contributed by atoms with E-state index < -0.39 is 0 Å². The molecule has 16 heavy (non-hydrogen) atoms. The molecule has 0 amide bonds. The third-order valence-corrected chi connectivity index (χ3v) is 3.71. The Bertz CT molecular complexity index is 319. The summed E-state index contributed by atoms with van der Waals surface area (Å²) in [4.78, 5) is 4.01. The number of aromatic nitrogens is 1. The van der Waals surface area contributed by atoms with Crippen molar-refractivity contribution in [3.63, 3.8) is 0 Å². The predicted molar refractivity (Wildman–Crippen MR) is 62.4 cm³/mol. The normalized spacial score (nSPS) is 33.4. The molecule has 86 valence electrons. The molecule has 3 atom stereocenters. The van der Waals surface area contributed by atoms with Gasteiger partial charge in [0, 0.05) is 18.4 Å². The van der Waals surface area contributed by atoms with Crippen molar-refractivity contribution in [1.29, 1.82) is 0 Å². The van der Waals surface area contributed by atoms with Gasteiger partial charge in [-0.1, -0.05) is 0 Å². The Balaban J connectivity index is 1.67. The quantitative estimate of drug-likeness (QED) is 0.824. The fraction of sp³-hybridized carbons (Fsp3) is 0.615. The van der Waals surface area contributed by atoms with E-state index in [-0.39, 0.29) is 0 Å². The van der Waals surface area contributed by atoms with Gasteiger partial charge in [-0.25, -0.2) is 0 Å². The molecular formula is C13H18N2O. The van der Waals surface area contributed by atoms with Crippen LogP contribution in [-0.4, -0.2) is 23.7 Å². The molecule has 0 radical (unpaired) electrons. The van der Waals surface area contributed by atoms with Crippen molar-refractivity contribution in [1.82, 2.24) is 10.3 Å². The highest BCUT2D eigenvalue weighted by atomic mass is 16.5. The van der Waals surface area contributed by atoms with E-state index in [1.807, 2.05) is 12.1 Å².